The van der Waals surface area contributed by atoms with Crippen LogP contribution in [0.5, 0.6) is 5.75 Å². The maximum atomic E-state index is 13.9. The van der Waals surface area contributed by atoms with Gasteiger partial charge < -0.3 is 15.0 Å². The highest BCUT2D eigenvalue weighted by atomic mass is 32.1. The SMILES string of the molecule is COc1ccc(Cn2cc(CCc3nc(C)c4c(n3)N(C)[C@@H](C(C)C)C(=O)N4)cn2)cc1F.S. The number of carbonyl (C=O) groups is 1. The zero-order valence-corrected chi connectivity index (χ0v) is 21.1. The number of halogens is 1. The van der Waals surface area contributed by atoms with Gasteiger partial charge in [0.05, 0.1) is 25.5 Å². The van der Waals surface area contributed by atoms with Crippen molar-refractivity contribution < 1.29 is 13.9 Å². The van der Waals surface area contributed by atoms with Crippen LogP contribution in [0.1, 0.15) is 36.5 Å². The summed E-state index contributed by atoms with van der Waals surface area (Å²) in [5, 5.41) is 7.38. The first-order chi connectivity index (χ1) is 15.8. The Labute approximate surface area is 206 Å². The van der Waals surface area contributed by atoms with E-state index < -0.39 is 0 Å². The lowest BCUT2D eigenvalue weighted by Gasteiger charge is -2.36. The van der Waals surface area contributed by atoms with E-state index in [2.05, 4.69) is 15.4 Å². The quantitative estimate of drug-likeness (QED) is 0.550. The molecule has 1 aromatic carbocycles. The smallest absolute Gasteiger partial charge is 0.247 e. The molecule has 1 atom stereocenters. The summed E-state index contributed by atoms with van der Waals surface area (Å²) in [5.74, 6) is 1.46. The number of ether oxygens (including phenoxy) is 1. The van der Waals surface area contributed by atoms with Crippen LogP contribution in [0.15, 0.2) is 30.6 Å². The van der Waals surface area contributed by atoms with Crippen LogP contribution >= 0.6 is 13.5 Å². The molecule has 3 heterocycles. The second-order valence-corrected chi connectivity index (χ2v) is 8.73. The molecular weight excluding hydrogens is 455 g/mol. The Kier molecular flexibility index (Phi) is 7.81. The number of benzene rings is 1. The predicted octanol–water partition coefficient (Wildman–Crippen LogP) is 3.49. The molecule has 8 nitrogen and oxygen atoms in total. The molecule has 0 saturated carbocycles. The fourth-order valence-electron chi connectivity index (χ4n) is 4.26. The number of fused-ring (bicyclic) bond motifs is 1. The minimum absolute atomic E-state index is 0. The molecule has 0 saturated heterocycles. The van der Waals surface area contributed by atoms with Crippen molar-refractivity contribution in [3.8, 4) is 5.75 Å². The second-order valence-electron chi connectivity index (χ2n) is 8.73. The van der Waals surface area contributed by atoms with Crippen LogP contribution in [0, 0.1) is 18.7 Å². The van der Waals surface area contributed by atoms with Gasteiger partial charge in [0.2, 0.25) is 5.91 Å². The molecule has 2 aromatic heterocycles. The Morgan fingerprint density at radius 3 is 2.65 bits per heavy atom. The second kappa shape index (κ2) is 10.4. The van der Waals surface area contributed by atoms with Crippen LogP contribution in [0.3, 0.4) is 0 Å². The average molecular weight is 487 g/mol. The molecule has 1 amide bonds. The fraction of sp³-hybridized carbons (Fsp3) is 0.417. The summed E-state index contributed by atoms with van der Waals surface area (Å²) < 4.78 is 20.7. The first-order valence-electron chi connectivity index (χ1n) is 11.0. The van der Waals surface area contributed by atoms with Gasteiger partial charge >= 0.3 is 0 Å². The van der Waals surface area contributed by atoms with Gasteiger partial charge in [-0.3, -0.25) is 9.48 Å². The lowest BCUT2D eigenvalue weighted by Crippen LogP contribution is -2.49. The van der Waals surface area contributed by atoms with Gasteiger partial charge in [-0.2, -0.15) is 18.6 Å². The number of hydrogen-bond donors (Lipinski definition) is 1. The maximum absolute atomic E-state index is 13.9. The molecule has 10 heteroatoms. The molecule has 0 radical (unpaired) electrons. The summed E-state index contributed by atoms with van der Waals surface area (Å²) in [6.07, 6.45) is 5.13. The maximum Gasteiger partial charge on any atom is 0.247 e. The summed E-state index contributed by atoms with van der Waals surface area (Å²) in [6, 6.07) is 4.64. The molecule has 1 aliphatic rings. The van der Waals surface area contributed by atoms with Gasteiger partial charge in [-0.05, 0) is 42.5 Å². The van der Waals surface area contributed by atoms with E-state index in [1.807, 2.05) is 51.2 Å². The van der Waals surface area contributed by atoms with Crippen LogP contribution in [-0.4, -0.2) is 45.9 Å². The van der Waals surface area contributed by atoms with Crippen molar-refractivity contribution in [1.82, 2.24) is 19.7 Å². The number of anilines is 2. The summed E-state index contributed by atoms with van der Waals surface area (Å²) in [6.45, 7) is 6.41. The number of hydrogen-bond acceptors (Lipinski definition) is 6. The molecule has 34 heavy (non-hydrogen) atoms. The van der Waals surface area contributed by atoms with Crippen molar-refractivity contribution in [3.63, 3.8) is 0 Å². The van der Waals surface area contributed by atoms with Crippen molar-refractivity contribution in [3.05, 3.63) is 59.1 Å². The van der Waals surface area contributed by atoms with Gasteiger partial charge in [-0.25, -0.2) is 14.4 Å². The lowest BCUT2D eigenvalue weighted by molar-refractivity contribution is -0.118. The summed E-state index contributed by atoms with van der Waals surface area (Å²) in [5.41, 5.74) is 3.29. The highest BCUT2D eigenvalue weighted by Crippen LogP contribution is 2.33. The summed E-state index contributed by atoms with van der Waals surface area (Å²) in [7, 11) is 3.35. The van der Waals surface area contributed by atoms with Crippen molar-refractivity contribution in [2.45, 2.75) is 46.2 Å². The van der Waals surface area contributed by atoms with Gasteiger partial charge in [-0.15, -0.1) is 0 Å². The van der Waals surface area contributed by atoms with Crippen LogP contribution in [-0.2, 0) is 24.2 Å². The minimum atomic E-state index is -0.386. The zero-order chi connectivity index (χ0) is 23.7. The van der Waals surface area contributed by atoms with Crippen molar-refractivity contribution >= 4 is 30.9 Å². The average Bonchev–Trinajstić information content (AvgIpc) is 3.20. The molecule has 1 N–H and O–H groups in total. The molecule has 182 valence electrons. The van der Waals surface area contributed by atoms with Gasteiger partial charge in [0.25, 0.3) is 0 Å². The number of aromatic nitrogens is 4. The van der Waals surface area contributed by atoms with Crippen LogP contribution < -0.4 is 15.0 Å². The lowest BCUT2D eigenvalue weighted by atomic mass is 9.99. The van der Waals surface area contributed by atoms with Gasteiger partial charge in [0.1, 0.15) is 17.6 Å². The first-order valence-corrected chi connectivity index (χ1v) is 11.0. The summed E-state index contributed by atoms with van der Waals surface area (Å²) >= 11 is 0. The molecular formula is C24H31FN6O2S. The largest absolute Gasteiger partial charge is 0.494 e. The highest BCUT2D eigenvalue weighted by Gasteiger charge is 2.35. The first kappa shape index (κ1) is 25.5. The number of amides is 1. The van der Waals surface area contributed by atoms with Crippen molar-refractivity contribution in [2.75, 3.05) is 24.4 Å². The fourth-order valence-corrected chi connectivity index (χ4v) is 4.26. The van der Waals surface area contributed by atoms with E-state index >= 15 is 0 Å². The van der Waals surface area contributed by atoms with Gasteiger partial charge in [-0.1, -0.05) is 19.9 Å². The zero-order valence-electron chi connectivity index (χ0n) is 20.1. The predicted molar refractivity (Wildman–Crippen MR) is 134 cm³/mol. The monoisotopic (exact) mass is 486 g/mol. The van der Waals surface area contributed by atoms with Crippen LogP contribution in [0.2, 0.25) is 0 Å². The topological polar surface area (TPSA) is 85.2 Å². The number of likely N-dealkylation sites (N-methyl/N-ethyl adjacent to an activating group) is 1. The van der Waals surface area contributed by atoms with E-state index in [1.165, 1.54) is 13.2 Å². The molecule has 0 aliphatic carbocycles. The van der Waals surface area contributed by atoms with Crippen molar-refractivity contribution in [1.29, 1.82) is 0 Å². The molecule has 4 rings (SSSR count). The number of aryl methyl sites for hydroxylation is 3. The Bertz CT molecular complexity index is 1180. The Balaban J connectivity index is 0.00000324. The number of methoxy groups -OCH3 is 1. The third-order valence-electron chi connectivity index (χ3n) is 5.90. The molecule has 0 bridgehead atoms. The number of carbonyl (C=O) groups excluding carboxylic acids is 1. The van der Waals surface area contributed by atoms with E-state index in [0.29, 0.717) is 18.7 Å². The third kappa shape index (κ3) is 5.16. The Morgan fingerprint density at radius 2 is 1.97 bits per heavy atom. The normalized spacial score (nSPS) is 15.1. The van der Waals surface area contributed by atoms with E-state index in [0.717, 1.165) is 34.9 Å². The minimum Gasteiger partial charge on any atom is -0.494 e. The molecule has 0 spiro atoms. The standard InChI is InChI=1S/C24H29FN6O2.H2S/c1-14(2)22-24(32)29-21-15(3)27-20(28-23(21)30(22)4)9-7-17-11-26-31(13-17)12-16-6-8-19(33-5)18(25)10-16;/h6,8,10-11,13-14,22H,7,9,12H2,1-5H3,(H,29,32);1H2/t22-;/m0./s1. The number of nitrogens with one attached hydrogen (secondary N) is 1. The van der Waals surface area contributed by atoms with Crippen LogP contribution in [0.25, 0.3) is 0 Å². The Morgan fingerprint density at radius 1 is 1.21 bits per heavy atom. The highest BCUT2D eigenvalue weighted by molar-refractivity contribution is 7.59. The van der Waals surface area contributed by atoms with E-state index in [1.54, 1.807) is 10.7 Å². The molecule has 0 unspecified atom stereocenters. The molecule has 0 fully saturated rings. The molecule has 3 aromatic rings. The molecule has 1 aliphatic heterocycles. The van der Waals surface area contributed by atoms with Gasteiger partial charge in [0.15, 0.2) is 17.4 Å². The third-order valence-corrected chi connectivity index (χ3v) is 5.90. The van der Waals surface area contributed by atoms with Gasteiger partial charge in [0, 0.05) is 19.7 Å². The number of nitrogens with zero attached hydrogens (tertiary/aromatic N) is 5. The number of rotatable bonds is 7. The van der Waals surface area contributed by atoms with E-state index in [9.17, 15) is 9.18 Å². The van der Waals surface area contributed by atoms with Crippen LogP contribution in [0.4, 0.5) is 15.9 Å². The van der Waals surface area contributed by atoms with E-state index in [-0.39, 0.29) is 42.9 Å². The van der Waals surface area contributed by atoms with E-state index in [4.69, 9.17) is 9.72 Å². The summed E-state index contributed by atoms with van der Waals surface area (Å²) in [4.78, 5) is 23.8. The Hall–Kier alpha value is -3.14. The van der Waals surface area contributed by atoms with Crippen molar-refractivity contribution in [2.24, 2.45) is 5.92 Å².